The summed E-state index contributed by atoms with van der Waals surface area (Å²) < 4.78 is 0. The molecule has 0 fully saturated rings. The van der Waals surface area contributed by atoms with Gasteiger partial charge < -0.3 is 10.3 Å². The molecular weight excluding hydrogens is 332 g/mol. The fourth-order valence-corrected chi connectivity index (χ4v) is 3.38. The molecule has 1 amide bonds. The van der Waals surface area contributed by atoms with Crippen molar-refractivity contribution in [1.29, 1.82) is 0 Å². The number of aromatic amines is 1. The van der Waals surface area contributed by atoms with Gasteiger partial charge in [0.1, 0.15) is 5.00 Å². The summed E-state index contributed by atoms with van der Waals surface area (Å²) in [6.45, 7) is 1.89. The molecule has 25 heavy (non-hydrogen) atoms. The van der Waals surface area contributed by atoms with E-state index in [0.717, 1.165) is 21.6 Å². The van der Waals surface area contributed by atoms with Gasteiger partial charge in [0.15, 0.2) is 10.8 Å². The Labute approximate surface area is 148 Å². The van der Waals surface area contributed by atoms with Gasteiger partial charge in [-0.05, 0) is 24.6 Å². The van der Waals surface area contributed by atoms with Crippen LogP contribution in [0.25, 0.3) is 21.9 Å². The van der Waals surface area contributed by atoms with E-state index in [2.05, 4.69) is 20.3 Å². The average Bonchev–Trinajstić information content (AvgIpc) is 3.28. The lowest BCUT2D eigenvalue weighted by molar-refractivity contribution is -0.117. The number of carbonyl (C=O) groups excluding carboxylic acids is 1. The summed E-state index contributed by atoms with van der Waals surface area (Å²) in [5.74, 6) is 0.437. The van der Waals surface area contributed by atoms with Crippen LogP contribution < -0.4 is 5.32 Å². The zero-order chi connectivity index (χ0) is 17.2. The quantitative estimate of drug-likeness (QED) is 0.573. The molecule has 2 aromatic carbocycles. The second-order valence-corrected chi connectivity index (χ2v) is 6.78. The zero-order valence-corrected chi connectivity index (χ0v) is 14.4. The standard InChI is InChI=1S/C19H16N4OS/c1-12(13-7-3-2-4-8-13)18(24)23-16-11-20-19(25-16)17-21-14-9-5-6-10-15(14)22-17/h2-12H,1H3,(H,21,22)(H,23,24). The van der Waals surface area contributed by atoms with E-state index >= 15 is 0 Å². The number of fused-ring (bicyclic) bond motifs is 1. The number of hydrogen-bond acceptors (Lipinski definition) is 4. The van der Waals surface area contributed by atoms with E-state index in [4.69, 9.17) is 0 Å². The van der Waals surface area contributed by atoms with Crippen LogP contribution in [0.2, 0.25) is 0 Å². The summed E-state index contributed by atoms with van der Waals surface area (Å²) in [5.41, 5.74) is 2.86. The van der Waals surface area contributed by atoms with E-state index < -0.39 is 0 Å². The van der Waals surface area contributed by atoms with Crippen LogP contribution in [-0.4, -0.2) is 20.9 Å². The van der Waals surface area contributed by atoms with E-state index in [9.17, 15) is 4.79 Å². The minimum atomic E-state index is -0.224. The molecule has 2 aromatic heterocycles. The largest absolute Gasteiger partial charge is 0.336 e. The third kappa shape index (κ3) is 3.16. The molecule has 1 unspecified atom stereocenters. The van der Waals surface area contributed by atoms with Crippen molar-refractivity contribution in [2.45, 2.75) is 12.8 Å². The Bertz CT molecular complexity index is 989. The number of amides is 1. The van der Waals surface area contributed by atoms with E-state index in [1.165, 1.54) is 11.3 Å². The second-order valence-electron chi connectivity index (χ2n) is 5.75. The summed E-state index contributed by atoms with van der Waals surface area (Å²) in [6, 6.07) is 17.6. The molecule has 0 radical (unpaired) electrons. The first-order chi connectivity index (χ1) is 12.2. The highest BCUT2D eigenvalue weighted by Crippen LogP contribution is 2.29. The lowest BCUT2D eigenvalue weighted by Gasteiger charge is -2.10. The molecule has 0 aliphatic carbocycles. The molecule has 124 valence electrons. The van der Waals surface area contributed by atoms with Crippen molar-refractivity contribution in [1.82, 2.24) is 15.0 Å². The van der Waals surface area contributed by atoms with Gasteiger partial charge in [0.25, 0.3) is 0 Å². The first-order valence-electron chi connectivity index (χ1n) is 7.97. The topological polar surface area (TPSA) is 70.7 Å². The van der Waals surface area contributed by atoms with E-state index in [-0.39, 0.29) is 11.8 Å². The van der Waals surface area contributed by atoms with Gasteiger partial charge in [0.05, 0.1) is 23.1 Å². The van der Waals surface area contributed by atoms with Gasteiger partial charge in [-0.25, -0.2) is 9.97 Å². The number of nitrogens with zero attached hydrogens (tertiary/aromatic N) is 2. The number of hydrogen-bond donors (Lipinski definition) is 2. The SMILES string of the molecule is CC(C(=O)Nc1cnc(-c2nc3ccccc3[nH]2)s1)c1ccccc1. The third-order valence-electron chi connectivity index (χ3n) is 4.04. The molecular formula is C19H16N4OS. The maximum Gasteiger partial charge on any atom is 0.232 e. The van der Waals surface area contributed by atoms with Gasteiger partial charge in [-0.1, -0.05) is 53.8 Å². The first kappa shape index (κ1) is 15.5. The minimum absolute atomic E-state index is 0.0500. The maximum atomic E-state index is 12.4. The minimum Gasteiger partial charge on any atom is -0.336 e. The number of carbonyl (C=O) groups is 1. The molecule has 0 aliphatic rings. The molecule has 6 heteroatoms. The van der Waals surface area contributed by atoms with Crippen LogP contribution in [0.3, 0.4) is 0 Å². The molecule has 0 bridgehead atoms. The summed E-state index contributed by atoms with van der Waals surface area (Å²) in [4.78, 5) is 24.6. The Morgan fingerprint density at radius 1 is 1.12 bits per heavy atom. The monoisotopic (exact) mass is 348 g/mol. The highest BCUT2D eigenvalue weighted by Gasteiger charge is 2.17. The van der Waals surface area contributed by atoms with Crippen molar-refractivity contribution in [2.75, 3.05) is 5.32 Å². The van der Waals surface area contributed by atoms with Crippen LogP contribution >= 0.6 is 11.3 Å². The molecule has 4 aromatic rings. The molecule has 0 spiro atoms. The van der Waals surface area contributed by atoms with Crippen molar-refractivity contribution < 1.29 is 4.79 Å². The van der Waals surface area contributed by atoms with Gasteiger partial charge >= 0.3 is 0 Å². The second kappa shape index (κ2) is 6.49. The van der Waals surface area contributed by atoms with Gasteiger partial charge in [-0.3, -0.25) is 4.79 Å². The van der Waals surface area contributed by atoms with Crippen molar-refractivity contribution in [2.24, 2.45) is 0 Å². The van der Waals surface area contributed by atoms with Crippen LogP contribution in [0, 0.1) is 0 Å². The first-order valence-corrected chi connectivity index (χ1v) is 8.79. The number of aromatic nitrogens is 3. The summed E-state index contributed by atoms with van der Waals surface area (Å²) in [5, 5.41) is 4.40. The van der Waals surface area contributed by atoms with Crippen LogP contribution in [0.4, 0.5) is 5.00 Å². The maximum absolute atomic E-state index is 12.4. The Morgan fingerprint density at radius 2 is 1.88 bits per heavy atom. The summed E-state index contributed by atoms with van der Waals surface area (Å²) in [7, 11) is 0. The summed E-state index contributed by atoms with van der Waals surface area (Å²) in [6.07, 6.45) is 1.67. The number of H-pyrrole nitrogens is 1. The molecule has 0 saturated carbocycles. The smallest absolute Gasteiger partial charge is 0.232 e. The molecule has 1 atom stereocenters. The molecule has 0 aliphatic heterocycles. The van der Waals surface area contributed by atoms with E-state index in [0.29, 0.717) is 10.8 Å². The fourth-order valence-electron chi connectivity index (χ4n) is 2.62. The van der Waals surface area contributed by atoms with Crippen LogP contribution in [0.15, 0.2) is 60.8 Å². The third-order valence-corrected chi connectivity index (χ3v) is 4.96. The lowest BCUT2D eigenvalue weighted by Crippen LogP contribution is -2.18. The number of anilines is 1. The van der Waals surface area contributed by atoms with Crippen molar-refractivity contribution in [3.05, 3.63) is 66.4 Å². The van der Waals surface area contributed by atoms with E-state index in [1.807, 2.05) is 61.5 Å². The molecule has 5 nitrogen and oxygen atoms in total. The van der Waals surface area contributed by atoms with E-state index in [1.54, 1.807) is 6.20 Å². The molecule has 2 N–H and O–H groups in total. The highest BCUT2D eigenvalue weighted by atomic mass is 32.1. The average molecular weight is 348 g/mol. The van der Waals surface area contributed by atoms with Crippen molar-refractivity contribution in [3.63, 3.8) is 0 Å². The number of para-hydroxylation sites is 2. The predicted octanol–water partition coefficient (Wildman–Crippen LogP) is 4.43. The summed E-state index contributed by atoms with van der Waals surface area (Å²) >= 11 is 1.41. The van der Waals surface area contributed by atoms with Gasteiger partial charge in [0, 0.05) is 0 Å². The Kier molecular flexibility index (Phi) is 4.03. The molecule has 0 saturated heterocycles. The number of rotatable bonds is 4. The Hall–Kier alpha value is -2.99. The normalized spacial score (nSPS) is 12.2. The lowest BCUT2D eigenvalue weighted by atomic mass is 10.0. The van der Waals surface area contributed by atoms with Crippen molar-refractivity contribution >= 4 is 33.3 Å². The van der Waals surface area contributed by atoms with Crippen LogP contribution in [0.5, 0.6) is 0 Å². The fraction of sp³-hybridized carbons (Fsp3) is 0.105. The number of benzene rings is 2. The highest BCUT2D eigenvalue weighted by molar-refractivity contribution is 7.19. The predicted molar refractivity (Wildman–Crippen MR) is 101 cm³/mol. The van der Waals surface area contributed by atoms with Crippen LogP contribution in [-0.2, 0) is 4.79 Å². The number of nitrogens with one attached hydrogen (secondary N) is 2. The number of imidazole rings is 1. The molecule has 2 heterocycles. The number of thiazole rings is 1. The van der Waals surface area contributed by atoms with Gasteiger partial charge in [-0.15, -0.1) is 0 Å². The van der Waals surface area contributed by atoms with Gasteiger partial charge in [0.2, 0.25) is 5.91 Å². The van der Waals surface area contributed by atoms with Gasteiger partial charge in [-0.2, -0.15) is 0 Å². The Morgan fingerprint density at radius 3 is 2.68 bits per heavy atom. The zero-order valence-electron chi connectivity index (χ0n) is 13.6. The Balaban J connectivity index is 1.52. The van der Waals surface area contributed by atoms with Crippen LogP contribution in [0.1, 0.15) is 18.4 Å². The molecule has 4 rings (SSSR count). The van der Waals surface area contributed by atoms with Crippen molar-refractivity contribution in [3.8, 4) is 10.8 Å².